The topological polar surface area (TPSA) is 58.4 Å². The average molecular weight is 301 g/mol. The second-order valence-electron chi connectivity index (χ2n) is 5.91. The van der Waals surface area contributed by atoms with Crippen LogP contribution >= 0.6 is 0 Å². The minimum Gasteiger partial charge on any atom is -0.388 e. The Bertz CT molecular complexity index is 642. The number of amides is 1. The molecular weight excluding hydrogens is 278 g/mol. The number of nitrogens with zero attached hydrogens (tertiary/aromatic N) is 3. The summed E-state index contributed by atoms with van der Waals surface area (Å²) in [6.45, 7) is 1.80. The molecule has 5 nitrogen and oxygen atoms in total. The van der Waals surface area contributed by atoms with Crippen molar-refractivity contribution in [1.29, 1.82) is 0 Å². The van der Waals surface area contributed by atoms with E-state index in [1.54, 1.807) is 0 Å². The Hall–Kier alpha value is -1.88. The van der Waals surface area contributed by atoms with E-state index in [0.29, 0.717) is 5.82 Å². The Labute approximate surface area is 130 Å². The molecule has 1 aromatic heterocycles. The molecule has 1 aromatic carbocycles. The number of likely N-dealkylation sites (tertiary alicyclic amines) is 1. The number of rotatable bonds is 3. The van der Waals surface area contributed by atoms with Crippen molar-refractivity contribution in [3.8, 4) is 0 Å². The van der Waals surface area contributed by atoms with E-state index in [1.165, 1.54) is 19.3 Å². The van der Waals surface area contributed by atoms with E-state index in [-0.39, 0.29) is 19.1 Å². The van der Waals surface area contributed by atoms with Gasteiger partial charge >= 0.3 is 0 Å². The van der Waals surface area contributed by atoms with Gasteiger partial charge in [-0.1, -0.05) is 31.4 Å². The largest absolute Gasteiger partial charge is 0.388 e. The highest BCUT2D eigenvalue weighted by Gasteiger charge is 2.18. The standard InChI is InChI=1S/C17H23N3O2/c21-13-16-18-14-8-4-5-9-15(14)20(16)12-17(22)19-10-6-2-1-3-7-11-19/h4-5,8-9,21H,1-3,6-7,10-13H2. The van der Waals surface area contributed by atoms with Crippen molar-refractivity contribution in [1.82, 2.24) is 14.5 Å². The van der Waals surface area contributed by atoms with E-state index >= 15 is 0 Å². The van der Waals surface area contributed by atoms with E-state index in [9.17, 15) is 9.90 Å². The van der Waals surface area contributed by atoms with Crippen molar-refractivity contribution < 1.29 is 9.90 Å². The molecule has 0 atom stereocenters. The number of carbonyl (C=O) groups is 1. The Morgan fingerprint density at radius 2 is 1.77 bits per heavy atom. The minimum atomic E-state index is -0.151. The maximum absolute atomic E-state index is 12.6. The molecule has 0 spiro atoms. The number of hydrogen-bond acceptors (Lipinski definition) is 3. The summed E-state index contributed by atoms with van der Waals surface area (Å²) < 4.78 is 1.84. The van der Waals surface area contributed by atoms with Crippen LogP contribution in [0, 0.1) is 0 Å². The number of aliphatic hydroxyl groups is 1. The van der Waals surface area contributed by atoms with Crippen LogP contribution in [0.25, 0.3) is 11.0 Å². The number of hydrogen-bond donors (Lipinski definition) is 1. The molecule has 1 N–H and O–H groups in total. The molecule has 1 aliphatic heterocycles. The number of carbonyl (C=O) groups excluding carboxylic acids is 1. The summed E-state index contributed by atoms with van der Waals surface area (Å²) in [5, 5.41) is 9.52. The van der Waals surface area contributed by atoms with Crippen molar-refractivity contribution in [3.63, 3.8) is 0 Å². The second kappa shape index (κ2) is 6.92. The summed E-state index contributed by atoms with van der Waals surface area (Å²) in [4.78, 5) is 19.0. The number of para-hydroxylation sites is 2. The molecule has 0 aliphatic carbocycles. The zero-order chi connectivity index (χ0) is 15.4. The molecule has 5 heteroatoms. The first-order chi connectivity index (χ1) is 10.8. The van der Waals surface area contributed by atoms with Crippen molar-refractivity contribution in [2.75, 3.05) is 13.1 Å². The molecule has 1 aliphatic rings. The van der Waals surface area contributed by atoms with Gasteiger partial charge in [0.1, 0.15) is 19.0 Å². The lowest BCUT2D eigenvalue weighted by Gasteiger charge is -2.25. The molecule has 1 amide bonds. The van der Waals surface area contributed by atoms with E-state index < -0.39 is 0 Å². The average Bonchev–Trinajstić information content (AvgIpc) is 2.85. The number of benzene rings is 1. The van der Waals surface area contributed by atoms with E-state index in [1.807, 2.05) is 33.7 Å². The van der Waals surface area contributed by atoms with Crippen LogP contribution in [0.1, 0.15) is 37.9 Å². The van der Waals surface area contributed by atoms with Gasteiger partial charge in [0.25, 0.3) is 0 Å². The molecule has 118 valence electrons. The van der Waals surface area contributed by atoms with Gasteiger partial charge in [-0.3, -0.25) is 4.79 Å². The van der Waals surface area contributed by atoms with Crippen molar-refractivity contribution in [3.05, 3.63) is 30.1 Å². The number of aromatic nitrogens is 2. The zero-order valence-electron chi connectivity index (χ0n) is 12.9. The van der Waals surface area contributed by atoms with Gasteiger partial charge in [0.15, 0.2) is 0 Å². The van der Waals surface area contributed by atoms with Crippen LogP contribution in [0.3, 0.4) is 0 Å². The molecule has 0 saturated carbocycles. The lowest BCUT2D eigenvalue weighted by atomic mass is 10.1. The summed E-state index contributed by atoms with van der Waals surface area (Å²) in [6.07, 6.45) is 5.87. The number of imidazole rings is 1. The highest BCUT2D eigenvalue weighted by atomic mass is 16.3. The van der Waals surface area contributed by atoms with Crippen LogP contribution < -0.4 is 0 Å². The van der Waals surface area contributed by atoms with E-state index in [2.05, 4.69) is 4.98 Å². The van der Waals surface area contributed by atoms with Crippen LogP contribution in [-0.2, 0) is 17.9 Å². The SMILES string of the molecule is O=C(Cn1c(CO)nc2ccccc21)N1CCCCCCC1. The predicted octanol–water partition coefficient (Wildman–Crippen LogP) is 2.32. The molecule has 0 unspecified atom stereocenters. The minimum absolute atomic E-state index is 0.125. The van der Waals surface area contributed by atoms with E-state index in [0.717, 1.165) is 37.0 Å². The summed E-state index contributed by atoms with van der Waals surface area (Å²) in [7, 11) is 0. The first kappa shape index (κ1) is 15.0. The molecule has 2 aromatic rings. The van der Waals surface area contributed by atoms with Crippen LogP contribution in [0.4, 0.5) is 0 Å². The lowest BCUT2D eigenvalue weighted by molar-refractivity contribution is -0.132. The molecule has 3 rings (SSSR count). The van der Waals surface area contributed by atoms with Crippen molar-refractivity contribution in [2.24, 2.45) is 0 Å². The zero-order valence-corrected chi connectivity index (χ0v) is 12.9. The molecule has 22 heavy (non-hydrogen) atoms. The van der Waals surface area contributed by atoms with Crippen LogP contribution in [0.2, 0.25) is 0 Å². The maximum Gasteiger partial charge on any atom is 0.242 e. The quantitative estimate of drug-likeness (QED) is 0.946. The molecule has 1 saturated heterocycles. The summed E-state index contributed by atoms with van der Waals surface area (Å²) in [5.74, 6) is 0.682. The third-order valence-electron chi connectivity index (χ3n) is 4.38. The lowest BCUT2D eigenvalue weighted by Crippen LogP contribution is -2.36. The van der Waals surface area contributed by atoms with Crippen molar-refractivity contribution >= 4 is 16.9 Å². The Morgan fingerprint density at radius 3 is 2.50 bits per heavy atom. The van der Waals surface area contributed by atoms with Gasteiger partial charge in [-0.25, -0.2) is 4.98 Å². The summed E-state index contributed by atoms with van der Waals surface area (Å²) in [6, 6.07) is 7.71. The van der Waals surface area contributed by atoms with E-state index in [4.69, 9.17) is 0 Å². The first-order valence-corrected chi connectivity index (χ1v) is 8.12. The smallest absolute Gasteiger partial charge is 0.242 e. The number of fused-ring (bicyclic) bond motifs is 1. The third-order valence-corrected chi connectivity index (χ3v) is 4.38. The Kier molecular flexibility index (Phi) is 4.73. The molecule has 1 fully saturated rings. The fourth-order valence-electron chi connectivity index (χ4n) is 3.15. The normalized spacial score (nSPS) is 16.5. The Balaban J connectivity index is 1.80. The molecule has 0 radical (unpaired) electrons. The first-order valence-electron chi connectivity index (χ1n) is 8.12. The van der Waals surface area contributed by atoms with Gasteiger partial charge in [-0.05, 0) is 25.0 Å². The fourth-order valence-corrected chi connectivity index (χ4v) is 3.15. The van der Waals surface area contributed by atoms with Gasteiger partial charge in [-0.2, -0.15) is 0 Å². The fraction of sp³-hybridized carbons (Fsp3) is 0.529. The second-order valence-corrected chi connectivity index (χ2v) is 5.91. The van der Waals surface area contributed by atoms with Crippen molar-refractivity contribution in [2.45, 2.75) is 45.3 Å². The maximum atomic E-state index is 12.6. The third kappa shape index (κ3) is 3.14. The van der Waals surface area contributed by atoms with Gasteiger partial charge in [0.2, 0.25) is 5.91 Å². The summed E-state index contributed by atoms with van der Waals surface area (Å²) >= 11 is 0. The summed E-state index contributed by atoms with van der Waals surface area (Å²) in [5.41, 5.74) is 1.74. The molecule has 0 bridgehead atoms. The van der Waals surface area contributed by atoms with Crippen LogP contribution in [0.5, 0.6) is 0 Å². The molecular formula is C17H23N3O2. The Morgan fingerprint density at radius 1 is 1.09 bits per heavy atom. The monoisotopic (exact) mass is 301 g/mol. The van der Waals surface area contributed by atoms with Gasteiger partial charge < -0.3 is 14.6 Å². The van der Waals surface area contributed by atoms with Gasteiger partial charge in [0, 0.05) is 13.1 Å². The van der Waals surface area contributed by atoms with Gasteiger partial charge in [-0.15, -0.1) is 0 Å². The molecule has 2 heterocycles. The van der Waals surface area contributed by atoms with Crippen LogP contribution in [-0.4, -0.2) is 38.6 Å². The van der Waals surface area contributed by atoms with Gasteiger partial charge in [0.05, 0.1) is 11.0 Å². The highest BCUT2D eigenvalue weighted by molar-refractivity contribution is 5.81. The highest BCUT2D eigenvalue weighted by Crippen LogP contribution is 2.17. The number of aliphatic hydroxyl groups excluding tert-OH is 1. The predicted molar refractivity (Wildman–Crippen MR) is 85.3 cm³/mol. The van der Waals surface area contributed by atoms with Crippen LogP contribution in [0.15, 0.2) is 24.3 Å².